The predicted octanol–water partition coefficient (Wildman–Crippen LogP) is 2.30. The average molecular weight is 325 g/mol. The predicted molar refractivity (Wildman–Crippen MR) is 84.2 cm³/mol. The van der Waals surface area contributed by atoms with Gasteiger partial charge in [0.25, 0.3) is 0 Å². The van der Waals surface area contributed by atoms with E-state index in [1.165, 1.54) is 11.1 Å². The quantitative estimate of drug-likeness (QED) is 0.745. The Hall–Kier alpha value is -3.42. The van der Waals surface area contributed by atoms with E-state index >= 15 is 0 Å². The topological polar surface area (TPSA) is 105 Å². The highest BCUT2D eigenvalue weighted by Gasteiger charge is 2.17. The molecule has 0 aliphatic rings. The minimum absolute atomic E-state index is 0.210. The van der Waals surface area contributed by atoms with Crippen molar-refractivity contribution in [1.82, 2.24) is 20.2 Å². The van der Waals surface area contributed by atoms with Crippen LogP contribution in [0, 0.1) is 0 Å². The highest BCUT2D eigenvalue weighted by molar-refractivity contribution is 5.65. The highest BCUT2D eigenvalue weighted by atomic mass is 16.6. The van der Waals surface area contributed by atoms with Crippen LogP contribution in [0.2, 0.25) is 0 Å². The first-order valence-corrected chi connectivity index (χ1v) is 7.20. The molecule has 24 heavy (non-hydrogen) atoms. The lowest BCUT2D eigenvalue weighted by molar-refractivity contribution is 0.0900. The van der Waals surface area contributed by atoms with Gasteiger partial charge < -0.3 is 15.2 Å². The Bertz CT molecular complexity index is 775. The van der Waals surface area contributed by atoms with Gasteiger partial charge in [-0.05, 0) is 35.0 Å². The van der Waals surface area contributed by atoms with Crippen LogP contribution in [-0.2, 0) is 11.3 Å². The van der Waals surface area contributed by atoms with Crippen molar-refractivity contribution in [3.8, 4) is 11.5 Å². The molecule has 1 aromatic heterocycles. The molecule has 8 nitrogen and oxygen atoms in total. The van der Waals surface area contributed by atoms with Gasteiger partial charge in [-0.2, -0.15) is 4.80 Å². The normalized spacial score (nSPS) is 11.7. The molecule has 0 aliphatic carbocycles. The second kappa shape index (κ2) is 7.23. The van der Waals surface area contributed by atoms with E-state index in [1.807, 2.05) is 30.3 Å². The van der Waals surface area contributed by atoms with Gasteiger partial charge in [-0.25, -0.2) is 4.79 Å². The molecule has 0 spiro atoms. The first-order valence-electron chi connectivity index (χ1n) is 7.20. The Morgan fingerprint density at radius 2 is 1.79 bits per heavy atom. The first-order chi connectivity index (χ1) is 11.7. The zero-order valence-corrected chi connectivity index (χ0v) is 12.6. The number of nitrogens with two attached hydrogens (primary N) is 1. The lowest BCUT2D eigenvalue weighted by atomic mass is 10.1. The van der Waals surface area contributed by atoms with Gasteiger partial charge >= 0.3 is 6.09 Å². The minimum atomic E-state index is -0.871. The molecule has 1 amide bonds. The minimum Gasteiger partial charge on any atom is -0.457 e. The van der Waals surface area contributed by atoms with E-state index in [-0.39, 0.29) is 6.54 Å². The number of rotatable bonds is 6. The number of carbonyl (C=O) groups excluding carboxylic acids is 1. The van der Waals surface area contributed by atoms with Crippen LogP contribution in [0.15, 0.2) is 60.9 Å². The molecule has 2 aromatic carbocycles. The third kappa shape index (κ3) is 4.07. The lowest BCUT2D eigenvalue weighted by Gasteiger charge is -2.16. The molecule has 0 radical (unpaired) electrons. The average Bonchev–Trinajstić information content (AvgIpc) is 3.09. The molecule has 2 N–H and O–H groups in total. The van der Waals surface area contributed by atoms with Crippen molar-refractivity contribution in [1.29, 1.82) is 0 Å². The Balaban J connectivity index is 1.74. The molecule has 0 aliphatic heterocycles. The number of benzene rings is 2. The molecule has 0 saturated heterocycles. The van der Waals surface area contributed by atoms with Crippen LogP contribution < -0.4 is 10.5 Å². The summed E-state index contributed by atoms with van der Waals surface area (Å²) in [4.78, 5) is 12.5. The maximum atomic E-state index is 11.1. The standard InChI is InChI=1S/C16H15N5O3/c17-16(22)24-15(10-21-19-11-18-20-21)12-6-8-14(9-7-12)23-13-4-2-1-3-5-13/h1-9,11,15H,10H2,(H2,17,22). The Kier molecular flexibility index (Phi) is 4.66. The number of amides is 1. The van der Waals surface area contributed by atoms with E-state index in [4.69, 9.17) is 15.2 Å². The van der Waals surface area contributed by atoms with Gasteiger partial charge in [0.1, 0.15) is 18.0 Å². The Morgan fingerprint density at radius 3 is 2.42 bits per heavy atom. The zero-order valence-electron chi connectivity index (χ0n) is 12.6. The first kappa shape index (κ1) is 15.5. The number of nitrogens with zero attached hydrogens (tertiary/aromatic N) is 4. The molecule has 3 rings (SSSR count). The van der Waals surface area contributed by atoms with Crippen LogP contribution in [0.5, 0.6) is 11.5 Å². The number of aromatic nitrogens is 4. The van der Waals surface area contributed by atoms with E-state index in [2.05, 4.69) is 15.4 Å². The molecule has 0 bridgehead atoms. The summed E-state index contributed by atoms with van der Waals surface area (Å²) in [5.74, 6) is 1.41. The molecule has 0 fully saturated rings. The van der Waals surface area contributed by atoms with E-state index in [0.717, 1.165) is 11.3 Å². The largest absolute Gasteiger partial charge is 0.457 e. The smallest absolute Gasteiger partial charge is 0.405 e. The lowest BCUT2D eigenvalue weighted by Crippen LogP contribution is -2.22. The fraction of sp³-hybridized carbons (Fsp3) is 0.125. The van der Waals surface area contributed by atoms with Crippen molar-refractivity contribution in [2.45, 2.75) is 12.6 Å². The monoisotopic (exact) mass is 325 g/mol. The molecule has 3 aromatic rings. The van der Waals surface area contributed by atoms with E-state index in [9.17, 15) is 4.79 Å². The maximum Gasteiger partial charge on any atom is 0.405 e. The van der Waals surface area contributed by atoms with Crippen molar-refractivity contribution in [2.75, 3.05) is 0 Å². The molecule has 1 unspecified atom stereocenters. The second-order valence-corrected chi connectivity index (χ2v) is 4.90. The number of carbonyl (C=O) groups is 1. The van der Waals surface area contributed by atoms with Gasteiger partial charge in [0, 0.05) is 0 Å². The van der Waals surface area contributed by atoms with Crippen LogP contribution in [0.25, 0.3) is 0 Å². The van der Waals surface area contributed by atoms with Crippen molar-refractivity contribution < 1.29 is 14.3 Å². The number of primary amides is 1. The maximum absolute atomic E-state index is 11.1. The number of hydrogen-bond acceptors (Lipinski definition) is 6. The summed E-state index contributed by atoms with van der Waals surface area (Å²) in [6, 6.07) is 16.6. The summed E-state index contributed by atoms with van der Waals surface area (Å²) < 4.78 is 10.9. The van der Waals surface area contributed by atoms with Gasteiger partial charge in [-0.15, -0.1) is 10.2 Å². The third-order valence-electron chi connectivity index (χ3n) is 3.21. The van der Waals surface area contributed by atoms with Gasteiger partial charge in [0.05, 0.1) is 0 Å². The summed E-state index contributed by atoms with van der Waals surface area (Å²) >= 11 is 0. The van der Waals surface area contributed by atoms with Crippen LogP contribution in [0.4, 0.5) is 4.79 Å². The molecule has 1 heterocycles. The summed E-state index contributed by atoms with van der Waals surface area (Å²) in [6.07, 6.45) is -0.190. The van der Waals surface area contributed by atoms with Crippen LogP contribution >= 0.6 is 0 Å². The number of ether oxygens (including phenoxy) is 2. The van der Waals surface area contributed by atoms with Crippen molar-refractivity contribution >= 4 is 6.09 Å². The van der Waals surface area contributed by atoms with Crippen molar-refractivity contribution in [2.24, 2.45) is 5.73 Å². The van der Waals surface area contributed by atoms with Gasteiger partial charge in [0.2, 0.25) is 0 Å². The second-order valence-electron chi connectivity index (χ2n) is 4.90. The van der Waals surface area contributed by atoms with Crippen molar-refractivity contribution in [3.05, 3.63) is 66.5 Å². The zero-order chi connectivity index (χ0) is 16.8. The number of hydrogen-bond donors (Lipinski definition) is 1. The van der Waals surface area contributed by atoms with E-state index in [0.29, 0.717) is 5.75 Å². The van der Waals surface area contributed by atoms with Gasteiger partial charge in [-0.1, -0.05) is 30.3 Å². The molecule has 8 heteroatoms. The summed E-state index contributed by atoms with van der Waals surface area (Å²) in [5.41, 5.74) is 5.88. The summed E-state index contributed by atoms with van der Waals surface area (Å²) in [6.45, 7) is 0.210. The van der Waals surface area contributed by atoms with Crippen LogP contribution in [-0.4, -0.2) is 26.3 Å². The number of tetrazole rings is 1. The summed E-state index contributed by atoms with van der Waals surface area (Å²) in [7, 11) is 0. The van der Waals surface area contributed by atoms with E-state index < -0.39 is 12.2 Å². The SMILES string of the molecule is NC(=O)OC(Cn1ncnn1)c1ccc(Oc2ccccc2)cc1. The van der Waals surface area contributed by atoms with Crippen molar-refractivity contribution in [3.63, 3.8) is 0 Å². The third-order valence-corrected chi connectivity index (χ3v) is 3.21. The highest BCUT2D eigenvalue weighted by Crippen LogP contribution is 2.25. The number of para-hydroxylation sites is 1. The fourth-order valence-electron chi connectivity index (χ4n) is 2.15. The van der Waals surface area contributed by atoms with Gasteiger partial charge in [0.15, 0.2) is 12.4 Å². The molecule has 1 atom stereocenters. The van der Waals surface area contributed by atoms with Crippen LogP contribution in [0.3, 0.4) is 0 Å². The summed E-state index contributed by atoms with van der Waals surface area (Å²) in [5, 5.41) is 11.3. The fourth-order valence-corrected chi connectivity index (χ4v) is 2.15. The van der Waals surface area contributed by atoms with E-state index in [1.54, 1.807) is 24.3 Å². The molecular weight excluding hydrogens is 310 g/mol. The molecular formula is C16H15N5O3. The van der Waals surface area contributed by atoms with Gasteiger partial charge in [-0.3, -0.25) is 0 Å². The van der Waals surface area contributed by atoms with Crippen LogP contribution in [0.1, 0.15) is 11.7 Å². The Morgan fingerprint density at radius 1 is 1.08 bits per heavy atom. The molecule has 0 saturated carbocycles. The molecule has 122 valence electrons. The Labute approximate surface area is 137 Å².